The lowest BCUT2D eigenvalue weighted by Crippen LogP contribution is -2.29. The summed E-state index contributed by atoms with van der Waals surface area (Å²) in [5, 5.41) is 8.48. The number of hydrogen-bond donors (Lipinski definition) is 2. The van der Waals surface area contributed by atoms with Crippen molar-refractivity contribution in [1.82, 2.24) is 9.29 Å². The molecular formula is C20H19FN4O4S3. The summed E-state index contributed by atoms with van der Waals surface area (Å²) in [4.78, 5) is 28.2. The molecule has 12 heteroatoms. The van der Waals surface area contributed by atoms with E-state index in [0.29, 0.717) is 24.5 Å². The maximum Gasteiger partial charge on any atom is 0.268 e. The van der Waals surface area contributed by atoms with E-state index in [2.05, 4.69) is 15.6 Å². The van der Waals surface area contributed by atoms with Crippen molar-refractivity contribution in [3.05, 3.63) is 45.7 Å². The molecule has 1 aromatic carbocycles. The Bertz CT molecular complexity index is 1280. The maximum absolute atomic E-state index is 14.5. The zero-order valence-electron chi connectivity index (χ0n) is 16.9. The average molecular weight is 495 g/mol. The molecule has 2 amide bonds. The van der Waals surface area contributed by atoms with E-state index in [4.69, 9.17) is 0 Å². The first kappa shape index (κ1) is 22.5. The van der Waals surface area contributed by atoms with Crippen LogP contribution in [-0.2, 0) is 14.8 Å². The molecule has 1 aliphatic rings. The highest BCUT2D eigenvalue weighted by molar-refractivity contribution is 7.89. The summed E-state index contributed by atoms with van der Waals surface area (Å²) in [5.74, 6) is -1.47. The number of thiophene rings is 1. The summed E-state index contributed by atoms with van der Waals surface area (Å²) in [6, 6.07) is 5.67. The number of benzene rings is 1. The largest absolute Gasteiger partial charge is 0.326 e. The van der Waals surface area contributed by atoms with Gasteiger partial charge in [0.1, 0.15) is 15.6 Å². The van der Waals surface area contributed by atoms with E-state index in [1.54, 1.807) is 16.8 Å². The van der Waals surface area contributed by atoms with Crippen molar-refractivity contribution in [2.45, 2.75) is 24.7 Å². The van der Waals surface area contributed by atoms with Crippen molar-refractivity contribution in [2.24, 2.45) is 0 Å². The molecule has 3 aromatic rings. The Balaban J connectivity index is 1.52. The minimum atomic E-state index is -3.73. The van der Waals surface area contributed by atoms with Crippen LogP contribution in [0.15, 0.2) is 39.9 Å². The fourth-order valence-electron chi connectivity index (χ4n) is 3.35. The van der Waals surface area contributed by atoms with Crippen LogP contribution >= 0.6 is 22.7 Å². The number of halogens is 1. The molecule has 32 heavy (non-hydrogen) atoms. The van der Waals surface area contributed by atoms with Crippen molar-refractivity contribution < 1.29 is 22.4 Å². The van der Waals surface area contributed by atoms with Gasteiger partial charge in [-0.3, -0.25) is 14.9 Å². The molecule has 1 saturated heterocycles. The molecule has 3 heterocycles. The first-order chi connectivity index (χ1) is 15.3. The number of nitrogens with zero attached hydrogens (tertiary/aromatic N) is 2. The lowest BCUT2D eigenvalue weighted by Gasteiger charge is -2.15. The van der Waals surface area contributed by atoms with Gasteiger partial charge in [0.05, 0.1) is 5.69 Å². The third-order valence-corrected chi connectivity index (χ3v) is 8.55. The Morgan fingerprint density at radius 1 is 1.12 bits per heavy atom. The Morgan fingerprint density at radius 2 is 1.88 bits per heavy atom. The molecule has 8 nitrogen and oxygen atoms in total. The monoisotopic (exact) mass is 494 g/mol. The molecule has 2 aromatic heterocycles. The van der Waals surface area contributed by atoms with Gasteiger partial charge in [0.15, 0.2) is 5.13 Å². The van der Waals surface area contributed by atoms with Gasteiger partial charge in [0.25, 0.3) is 5.91 Å². The predicted molar refractivity (Wildman–Crippen MR) is 122 cm³/mol. The summed E-state index contributed by atoms with van der Waals surface area (Å²) in [6.45, 7) is 2.22. The van der Waals surface area contributed by atoms with Crippen LogP contribution in [0.1, 0.15) is 29.4 Å². The van der Waals surface area contributed by atoms with Crippen LogP contribution in [0.25, 0.3) is 11.3 Å². The minimum Gasteiger partial charge on any atom is -0.326 e. The van der Waals surface area contributed by atoms with Crippen LogP contribution in [0.3, 0.4) is 0 Å². The van der Waals surface area contributed by atoms with Crippen molar-refractivity contribution in [1.29, 1.82) is 0 Å². The smallest absolute Gasteiger partial charge is 0.268 e. The van der Waals surface area contributed by atoms with Crippen molar-refractivity contribution in [3.63, 3.8) is 0 Å². The van der Waals surface area contributed by atoms with E-state index in [1.165, 1.54) is 29.4 Å². The zero-order chi connectivity index (χ0) is 22.9. The number of thiazole rings is 1. The van der Waals surface area contributed by atoms with E-state index < -0.39 is 21.7 Å². The Kier molecular flexibility index (Phi) is 6.38. The standard InChI is InChI=1S/C20H19FN4O4S3/c1-12(26)22-13-4-5-14(15(21)10-13)16-11-31-20(23-16)24-19(27)18-17(6-9-30-18)32(28,29)25-7-2-3-8-25/h4-6,9-11H,2-3,7-8H2,1H3,(H,22,26)(H,23,24,27). The van der Waals surface area contributed by atoms with E-state index >= 15 is 0 Å². The van der Waals surface area contributed by atoms with Gasteiger partial charge >= 0.3 is 0 Å². The summed E-state index contributed by atoms with van der Waals surface area (Å²) in [6.07, 6.45) is 1.60. The fraction of sp³-hybridized carbons (Fsp3) is 0.250. The summed E-state index contributed by atoms with van der Waals surface area (Å²) >= 11 is 2.14. The number of amides is 2. The summed E-state index contributed by atoms with van der Waals surface area (Å²) in [7, 11) is -3.73. The second-order valence-electron chi connectivity index (χ2n) is 7.09. The van der Waals surface area contributed by atoms with E-state index in [-0.39, 0.29) is 26.4 Å². The van der Waals surface area contributed by atoms with Gasteiger partial charge in [-0.1, -0.05) is 0 Å². The SMILES string of the molecule is CC(=O)Nc1ccc(-c2csc(NC(=O)c3sccc3S(=O)(=O)N3CCCC3)n2)c(F)c1. The zero-order valence-corrected chi connectivity index (χ0v) is 19.4. The van der Waals surface area contributed by atoms with Crippen LogP contribution in [0.2, 0.25) is 0 Å². The van der Waals surface area contributed by atoms with Crippen LogP contribution in [0, 0.1) is 5.82 Å². The second-order valence-corrected chi connectivity index (χ2v) is 10.8. The van der Waals surface area contributed by atoms with Gasteiger partial charge in [0.2, 0.25) is 15.9 Å². The quantitative estimate of drug-likeness (QED) is 0.538. The predicted octanol–water partition coefficient (Wildman–Crippen LogP) is 4.01. The minimum absolute atomic E-state index is 0.0155. The van der Waals surface area contributed by atoms with Gasteiger partial charge in [-0.25, -0.2) is 17.8 Å². The number of carbonyl (C=O) groups excluding carboxylic acids is 2. The van der Waals surface area contributed by atoms with E-state index in [9.17, 15) is 22.4 Å². The normalized spacial score (nSPS) is 14.4. The third kappa shape index (κ3) is 4.58. The molecule has 0 saturated carbocycles. The first-order valence-electron chi connectivity index (χ1n) is 9.68. The molecular weight excluding hydrogens is 475 g/mol. The Morgan fingerprint density at radius 3 is 2.56 bits per heavy atom. The first-order valence-corrected chi connectivity index (χ1v) is 12.9. The number of anilines is 2. The van der Waals surface area contributed by atoms with Crippen LogP contribution in [0.5, 0.6) is 0 Å². The molecule has 0 aliphatic carbocycles. The average Bonchev–Trinajstić information content (AvgIpc) is 3.49. The molecule has 0 unspecified atom stereocenters. The van der Waals surface area contributed by atoms with Gasteiger partial charge in [-0.15, -0.1) is 22.7 Å². The van der Waals surface area contributed by atoms with Gasteiger partial charge in [0, 0.05) is 36.6 Å². The lowest BCUT2D eigenvalue weighted by molar-refractivity contribution is -0.114. The molecule has 168 valence electrons. The highest BCUT2D eigenvalue weighted by Crippen LogP contribution is 2.31. The molecule has 1 aliphatic heterocycles. The van der Waals surface area contributed by atoms with Crippen molar-refractivity contribution in [3.8, 4) is 11.3 Å². The topological polar surface area (TPSA) is 108 Å². The van der Waals surface area contributed by atoms with Gasteiger partial charge in [-0.2, -0.15) is 4.31 Å². The number of aromatic nitrogens is 1. The fourth-order valence-corrected chi connectivity index (χ4v) is 6.86. The summed E-state index contributed by atoms with van der Waals surface area (Å²) < 4.78 is 41.6. The van der Waals surface area contributed by atoms with Crippen LogP contribution in [-0.4, -0.2) is 42.6 Å². The van der Waals surface area contributed by atoms with Crippen LogP contribution in [0.4, 0.5) is 15.2 Å². The number of sulfonamides is 1. The number of hydrogen-bond acceptors (Lipinski definition) is 7. The molecule has 0 spiro atoms. The molecule has 2 N–H and O–H groups in total. The van der Waals surface area contributed by atoms with E-state index in [0.717, 1.165) is 35.5 Å². The third-order valence-electron chi connectivity index (χ3n) is 4.81. The number of rotatable bonds is 6. The van der Waals surface area contributed by atoms with Crippen molar-refractivity contribution >= 4 is 55.3 Å². The highest BCUT2D eigenvalue weighted by atomic mass is 32.2. The molecule has 0 bridgehead atoms. The van der Waals surface area contributed by atoms with E-state index in [1.807, 2.05) is 0 Å². The van der Waals surface area contributed by atoms with Gasteiger partial charge < -0.3 is 5.32 Å². The second kappa shape index (κ2) is 9.06. The maximum atomic E-state index is 14.5. The van der Waals surface area contributed by atoms with Gasteiger partial charge in [-0.05, 0) is 42.5 Å². The van der Waals surface area contributed by atoms with Crippen molar-refractivity contribution in [2.75, 3.05) is 23.7 Å². The molecule has 0 radical (unpaired) electrons. The summed E-state index contributed by atoms with van der Waals surface area (Å²) in [5.41, 5.74) is 0.851. The Hall–Kier alpha value is -2.67. The highest BCUT2D eigenvalue weighted by Gasteiger charge is 2.32. The molecule has 4 rings (SSSR count). The molecule has 1 fully saturated rings. The number of nitrogens with one attached hydrogen (secondary N) is 2. The molecule has 0 atom stereocenters. The van der Waals surface area contributed by atoms with Crippen LogP contribution < -0.4 is 10.6 Å². The number of carbonyl (C=O) groups is 2. The Labute approximate surface area is 192 Å². The lowest BCUT2D eigenvalue weighted by atomic mass is 10.1.